The average molecular weight is 379 g/mol. The summed E-state index contributed by atoms with van der Waals surface area (Å²) in [6.07, 6.45) is 1.35. The Labute approximate surface area is 153 Å². The molecule has 25 heavy (non-hydrogen) atoms. The van der Waals surface area contributed by atoms with Crippen molar-refractivity contribution >= 4 is 12.4 Å². The number of piperazine rings is 1. The summed E-state index contributed by atoms with van der Waals surface area (Å²) in [5.41, 5.74) is 0.950. The molecule has 0 amide bonds. The van der Waals surface area contributed by atoms with Crippen LogP contribution in [0.2, 0.25) is 0 Å². The first-order valence-electron chi connectivity index (χ1n) is 8.83. The van der Waals surface area contributed by atoms with Crippen LogP contribution in [0.1, 0.15) is 43.7 Å². The second-order valence-corrected chi connectivity index (χ2v) is 6.75. The van der Waals surface area contributed by atoms with Crippen LogP contribution in [0.4, 0.5) is 13.2 Å². The van der Waals surface area contributed by atoms with E-state index in [4.69, 9.17) is 0 Å². The molecule has 2 aliphatic rings. The maximum absolute atomic E-state index is 12.5. The van der Waals surface area contributed by atoms with E-state index in [9.17, 15) is 13.2 Å². The van der Waals surface area contributed by atoms with Crippen molar-refractivity contribution in [2.75, 3.05) is 26.2 Å². The summed E-state index contributed by atoms with van der Waals surface area (Å²) in [5.74, 6) is 0.397. The summed E-state index contributed by atoms with van der Waals surface area (Å²) in [6.45, 7) is 3.74. The maximum atomic E-state index is 12.5. The molecular weight excluding hydrogens is 353 g/mol. The molecule has 142 valence electrons. The molecule has 0 unspecified atom stereocenters. The lowest BCUT2D eigenvalue weighted by Gasteiger charge is -2.41. The van der Waals surface area contributed by atoms with Crippen molar-refractivity contribution < 1.29 is 17.9 Å². The van der Waals surface area contributed by atoms with E-state index in [2.05, 4.69) is 15.0 Å². The van der Waals surface area contributed by atoms with Crippen molar-refractivity contribution in [2.24, 2.45) is 5.92 Å². The van der Waals surface area contributed by atoms with E-state index in [1.807, 2.05) is 6.07 Å². The van der Waals surface area contributed by atoms with Gasteiger partial charge in [-0.25, -0.2) is 0 Å². The second-order valence-electron chi connectivity index (χ2n) is 6.75. The number of nitrogens with one attached hydrogen (secondary N) is 1. The van der Waals surface area contributed by atoms with Gasteiger partial charge >= 0.3 is 6.36 Å². The Morgan fingerprint density at radius 2 is 1.76 bits per heavy atom. The first kappa shape index (κ1) is 20.3. The number of hydrogen-bond donors (Lipinski definition) is 1. The Kier molecular flexibility index (Phi) is 7.40. The smallest absolute Gasteiger partial charge is 0.406 e. The van der Waals surface area contributed by atoms with Gasteiger partial charge in [0.05, 0.1) is 0 Å². The van der Waals surface area contributed by atoms with E-state index in [-0.39, 0.29) is 24.2 Å². The van der Waals surface area contributed by atoms with Crippen molar-refractivity contribution in [1.29, 1.82) is 0 Å². The largest absolute Gasteiger partial charge is 0.573 e. The number of halogens is 4. The molecule has 2 fully saturated rings. The van der Waals surface area contributed by atoms with E-state index in [0.29, 0.717) is 5.92 Å². The predicted octanol–water partition coefficient (Wildman–Crippen LogP) is 4.53. The zero-order valence-corrected chi connectivity index (χ0v) is 15.0. The fourth-order valence-electron chi connectivity index (χ4n) is 4.09. The fraction of sp³-hybridized carbons (Fsp3) is 0.667. The molecule has 1 atom stereocenters. The molecule has 1 heterocycles. The summed E-state index contributed by atoms with van der Waals surface area (Å²) < 4.78 is 41.8. The van der Waals surface area contributed by atoms with Gasteiger partial charge in [0, 0.05) is 32.2 Å². The monoisotopic (exact) mass is 378 g/mol. The summed E-state index contributed by atoms with van der Waals surface area (Å²) in [5, 5.41) is 3.35. The number of benzene rings is 1. The summed E-state index contributed by atoms with van der Waals surface area (Å²) in [7, 11) is 0. The Morgan fingerprint density at radius 1 is 1.08 bits per heavy atom. The quantitative estimate of drug-likeness (QED) is 0.832. The van der Waals surface area contributed by atoms with Crippen molar-refractivity contribution in [3.8, 4) is 5.75 Å². The molecule has 0 radical (unpaired) electrons. The molecule has 1 N–H and O–H groups in total. The molecule has 3 rings (SSSR count). The fourth-order valence-corrected chi connectivity index (χ4v) is 4.09. The van der Waals surface area contributed by atoms with Gasteiger partial charge in [0.2, 0.25) is 0 Å². The lowest BCUT2D eigenvalue weighted by Crippen LogP contribution is -2.47. The highest BCUT2D eigenvalue weighted by atomic mass is 35.5. The molecule has 7 heteroatoms. The van der Waals surface area contributed by atoms with Gasteiger partial charge in [0.15, 0.2) is 0 Å². The standard InChI is InChI=1S/C18H25F3N2O.ClH/c19-18(20,21)24-16-8-4-7-15(13-16)17(14-5-2-1-3-6-14)23-11-9-22-10-12-23;/h4,7-8,13-14,17,22H,1-3,5-6,9-12H2;1H/t17-;/m0./s1. The van der Waals surface area contributed by atoms with Crippen molar-refractivity contribution in [3.05, 3.63) is 29.8 Å². The van der Waals surface area contributed by atoms with Gasteiger partial charge < -0.3 is 10.1 Å². The molecule has 0 aromatic heterocycles. The lowest BCUT2D eigenvalue weighted by atomic mass is 9.80. The number of rotatable bonds is 4. The molecule has 1 aliphatic heterocycles. The molecule has 1 aliphatic carbocycles. The van der Waals surface area contributed by atoms with Crippen LogP contribution in [-0.4, -0.2) is 37.4 Å². The minimum Gasteiger partial charge on any atom is -0.406 e. The van der Waals surface area contributed by atoms with Crippen molar-refractivity contribution in [2.45, 2.75) is 44.5 Å². The first-order valence-corrected chi connectivity index (χ1v) is 8.83. The SMILES string of the molecule is Cl.FC(F)(F)Oc1cccc([C@H](C2CCCCC2)N2CCNCC2)c1. The molecule has 1 aromatic rings. The van der Waals surface area contributed by atoms with E-state index in [1.165, 1.54) is 25.3 Å². The van der Waals surface area contributed by atoms with E-state index < -0.39 is 6.36 Å². The van der Waals surface area contributed by atoms with Gasteiger partial charge in [0.1, 0.15) is 5.75 Å². The van der Waals surface area contributed by atoms with E-state index >= 15 is 0 Å². The lowest BCUT2D eigenvalue weighted by molar-refractivity contribution is -0.274. The van der Waals surface area contributed by atoms with Crippen LogP contribution >= 0.6 is 12.4 Å². The third kappa shape index (κ3) is 5.76. The Bertz CT molecular complexity index is 511. The predicted molar refractivity (Wildman–Crippen MR) is 94.1 cm³/mol. The Morgan fingerprint density at radius 3 is 2.40 bits per heavy atom. The third-order valence-electron chi connectivity index (χ3n) is 5.07. The van der Waals surface area contributed by atoms with Crippen LogP contribution in [0.15, 0.2) is 24.3 Å². The van der Waals surface area contributed by atoms with E-state index in [1.54, 1.807) is 12.1 Å². The normalized spacial score (nSPS) is 21.4. The summed E-state index contributed by atoms with van der Waals surface area (Å²) in [4.78, 5) is 2.43. The number of nitrogens with zero attached hydrogens (tertiary/aromatic N) is 1. The highest BCUT2D eigenvalue weighted by Crippen LogP contribution is 2.39. The molecule has 1 aromatic carbocycles. The van der Waals surface area contributed by atoms with Crippen molar-refractivity contribution in [3.63, 3.8) is 0 Å². The molecule has 0 spiro atoms. The van der Waals surface area contributed by atoms with Crippen LogP contribution < -0.4 is 10.1 Å². The van der Waals surface area contributed by atoms with Gasteiger partial charge in [-0.2, -0.15) is 0 Å². The Balaban J connectivity index is 0.00000225. The third-order valence-corrected chi connectivity index (χ3v) is 5.07. The number of alkyl halides is 3. The van der Waals surface area contributed by atoms with Gasteiger partial charge in [-0.15, -0.1) is 25.6 Å². The minimum atomic E-state index is -4.64. The maximum Gasteiger partial charge on any atom is 0.573 e. The van der Waals surface area contributed by atoms with Crippen LogP contribution in [0, 0.1) is 5.92 Å². The molecule has 0 bridgehead atoms. The van der Waals surface area contributed by atoms with Gasteiger partial charge in [0.25, 0.3) is 0 Å². The van der Waals surface area contributed by atoms with Crippen molar-refractivity contribution in [1.82, 2.24) is 10.2 Å². The van der Waals surface area contributed by atoms with Gasteiger partial charge in [-0.05, 0) is 36.5 Å². The van der Waals surface area contributed by atoms with Gasteiger partial charge in [-0.3, -0.25) is 4.90 Å². The van der Waals surface area contributed by atoms with E-state index in [0.717, 1.165) is 44.6 Å². The second kappa shape index (κ2) is 9.10. The summed E-state index contributed by atoms with van der Waals surface area (Å²) >= 11 is 0. The average Bonchev–Trinajstić information content (AvgIpc) is 2.56. The van der Waals surface area contributed by atoms with Crippen LogP contribution in [0.25, 0.3) is 0 Å². The zero-order chi connectivity index (χ0) is 17.0. The van der Waals surface area contributed by atoms with Crippen LogP contribution in [-0.2, 0) is 0 Å². The topological polar surface area (TPSA) is 24.5 Å². The van der Waals surface area contributed by atoms with Crippen LogP contribution in [0.5, 0.6) is 5.75 Å². The minimum absolute atomic E-state index is 0. The number of ether oxygens (including phenoxy) is 1. The molecule has 3 nitrogen and oxygen atoms in total. The highest BCUT2D eigenvalue weighted by molar-refractivity contribution is 5.85. The Hall–Kier alpha value is -0.980. The zero-order valence-electron chi connectivity index (χ0n) is 14.2. The molecular formula is C18H26ClF3N2O. The van der Waals surface area contributed by atoms with Gasteiger partial charge in [-0.1, -0.05) is 31.4 Å². The van der Waals surface area contributed by atoms with Crippen LogP contribution in [0.3, 0.4) is 0 Å². The molecule has 1 saturated heterocycles. The first-order chi connectivity index (χ1) is 11.5. The molecule has 1 saturated carbocycles. The summed E-state index contributed by atoms with van der Waals surface area (Å²) in [6, 6.07) is 6.77. The highest BCUT2D eigenvalue weighted by Gasteiger charge is 2.33. The number of hydrogen-bond acceptors (Lipinski definition) is 3.